The summed E-state index contributed by atoms with van der Waals surface area (Å²) in [6, 6.07) is -0.211. The van der Waals surface area contributed by atoms with Gasteiger partial charge in [0, 0.05) is 11.8 Å². The Kier molecular flexibility index (Phi) is 5.46. The second kappa shape index (κ2) is 6.23. The van der Waals surface area contributed by atoms with E-state index >= 15 is 0 Å². The summed E-state index contributed by atoms with van der Waals surface area (Å²) in [7, 11) is -3.01. The van der Waals surface area contributed by atoms with Gasteiger partial charge in [-0.3, -0.25) is 0 Å². The molecule has 1 aliphatic heterocycles. The number of hydrogen-bond acceptors (Lipinski definition) is 3. The molecule has 0 saturated carbocycles. The van der Waals surface area contributed by atoms with Gasteiger partial charge in [-0.1, -0.05) is 6.92 Å². The first kappa shape index (κ1) is 15.8. The third-order valence-electron chi connectivity index (χ3n) is 3.41. The minimum absolute atomic E-state index is 0.0652. The van der Waals surface area contributed by atoms with Crippen molar-refractivity contribution in [3.05, 3.63) is 0 Å². The molecule has 1 N–H and O–H groups in total. The van der Waals surface area contributed by atoms with Gasteiger partial charge in [-0.15, -0.1) is 0 Å². The van der Waals surface area contributed by atoms with Gasteiger partial charge in [0.05, 0.1) is 11.7 Å². The number of alkyl halides is 3. The van der Waals surface area contributed by atoms with E-state index in [1.165, 1.54) is 0 Å². The van der Waals surface area contributed by atoms with Crippen LogP contribution in [0.4, 0.5) is 13.2 Å². The highest BCUT2D eigenvalue weighted by Crippen LogP contribution is 2.34. The molecule has 1 fully saturated rings. The van der Waals surface area contributed by atoms with Crippen LogP contribution in [0.3, 0.4) is 0 Å². The van der Waals surface area contributed by atoms with Gasteiger partial charge < -0.3 is 5.32 Å². The van der Waals surface area contributed by atoms with Gasteiger partial charge in [-0.25, -0.2) is 8.42 Å². The van der Waals surface area contributed by atoms with Crippen LogP contribution in [0.2, 0.25) is 0 Å². The van der Waals surface area contributed by atoms with Crippen LogP contribution in [0.15, 0.2) is 0 Å². The maximum atomic E-state index is 12.6. The molecule has 0 bridgehead atoms. The second-order valence-corrected chi connectivity index (χ2v) is 7.27. The summed E-state index contributed by atoms with van der Waals surface area (Å²) in [5.74, 6) is -1.08. The Balaban J connectivity index is 2.35. The number of hydrogen-bond donors (Lipinski definition) is 1. The fraction of sp³-hybridized carbons (Fsp3) is 1.00. The molecule has 0 spiro atoms. The van der Waals surface area contributed by atoms with Crippen LogP contribution in [-0.4, -0.2) is 38.7 Å². The molecule has 1 saturated heterocycles. The van der Waals surface area contributed by atoms with Gasteiger partial charge in [0.1, 0.15) is 9.84 Å². The molecule has 1 aliphatic rings. The Bertz CT molecular complexity index is 354. The standard InChI is InChI=1S/C11H20F3NO2S/c1-2-18(16,17)7-3-4-10-8-9(5-6-15-10)11(12,13)14/h9-10,15H,2-8H2,1H3. The minimum atomic E-state index is -4.13. The molecule has 108 valence electrons. The fourth-order valence-corrected chi connectivity index (χ4v) is 3.11. The third-order valence-corrected chi connectivity index (χ3v) is 5.20. The van der Waals surface area contributed by atoms with Crippen LogP contribution in [0.5, 0.6) is 0 Å². The van der Waals surface area contributed by atoms with Crippen molar-refractivity contribution < 1.29 is 21.6 Å². The molecule has 0 amide bonds. The zero-order valence-corrected chi connectivity index (χ0v) is 11.3. The Hall–Kier alpha value is -0.300. The average Bonchev–Trinajstić information content (AvgIpc) is 2.28. The van der Waals surface area contributed by atoms with Gasteiger partial charge in [0.2, 0.25) is 0 Å². The highest BCUT2D eigenvalue weighted by molar-refractivity contribution is 7.91. The van der Waals surface area contributed by atoms with Gasteiger partial charge in [0.15, 0.2) is 0 Å². The van der Waals surface area contributed by atoms with Crippen LogP contribution in [0.25, 0.3) is 0 Å². The van der Waals surface area contributed by atoms with E-state index in [-0.39, 0.29) is 30.4 Å². The lowest BCUT2D eigenvalue weighted by Crippen LogP contribution is -2.42. The van der Waals surface area contributed by atoms with Crippen LogP contribution < -0.4 is 5.32 Å². The van der Waals surface area contributed by atoms with Gasteiger partial charge in [-0.05, 0) is 32.2 Å². The molecule has 7 heteroatoms. The first-order valence-corrected chi connectivity index (χ1v) is 8.07. The molecule has 2 unspecified atom stereocenters. The highest BCUT2D eigenvalue weighted by atomic mass is 32.2. The lowest BCUT2D eigenvalue weighted by molar-refractivity contribution is -0.183. The summed E-state index contributed by atoms with van der Waals surface area (Å²) >= 11 is 0. The van der Waals surface area contributed by atoms with Crippen LogP contribution in [0, 0.1) is 5.92 Å². The van der Waals surface area contributed by atoms with Crippen molar-refractivity contribution >= 4 is 9.84 Å². The zero-order valence-electron chi connectivity index (χ0n) is 10.5. The molecule has 3 nitrogen and oxygen atoms in total. The molecule has 0 radical (unpaired) electrons. The highest BCUT2D eigenvalue weighted by Gasteiger charge is 2.41. The molecule has 0 aliphatic carbocycles. The lowest BCUT2D eigenvalue weighted by atomic mass is 9.90. The van der Waals surface area contributed by atoms with E-state index in [1.807, 2.05) is 0 Å². The lowest BCUT2D eigenvalue weighted by Gasteiger charge is -2.31. The number of rotatable bonds is 5. The molecule has 0 aromatic heterocycles. The third kappa shape index (κ3) is 5.14. The SMILES string of the molecule is CCS(=O)(=O)CCCC1CC(C(F)(F)F)CCN1. The van der Waals surface area contributed by atoms with Crippen LogP contribution in [0.1, 0.15) is 32.6 Å². The van der Waals surface area contributed by atoms with E-state index < -0.39 is 21.9 Å². The summed E-state index contributed by atoms with van der Waals surface area (Å²) in [4.78, 5) is 0. The topological polar surface area (TPSA) is 46.2 Å². The van der Waals surface area contributed by atoms with Crippen LogP contribution in [-0.2, 0) is 9.84 Å². The fourth-order valence-electron chi connectivity index (χ4n) is 2.22. The molecule has 2 atom stereocenters. The number of piperidine rings is 1. The van der Waals surface area contributed by atoms with E-state index in [2.05, 4.69) is 5.32 Å². The monoisotopic (exact) mass is 287 g/mol. The summed E-state index contributed by atoms with van der Waals surface area (Å²) in [6.07, 6.45) is -3.02. The van der Waals surface area contributed by atoms with Crippen molar-refractivity contribution in [3.63, 3.8) is 0 Å². The van der Waals surface area contributed by atoms with Crippen molar-refractivity contribution in [2.24, 2.45) is 5.92 Å². The van der Waals surface area contributed by atoms with E-state index in [9.17, 15) is 21.6 Å². The zero-order chi connectivity index (χ0) is 13.8. The number of halogens is 3. The van der Waals surface area contributed by atoms with Crippen LogP contribution >= 0.6 is 0 Å². The van der Waals surface area contributed by atoms with Gasteiger partial charge in [0.25, 0.3) is 0 Å². The Morgan fingerprint density at radius 2 is 2.00 bits per heavy atom. The summed E-state index contributed by atoms with van der Waals surface area (Å²) in [5.41, 5.74) is 0. The summed E-state index contributed by atoms with van der Waals surface area (Å²) in [6.45, 7) is 1.93. The predicted octanol–water partition coefficient (Wildman–Crippen LogP) is 2.13. The van der Waals surface area contributed by atoms with E-state index in [1.54, 1.807) is 6.92 Å². The molecule has 1 rings (SSSR count). The van der Waals surface area contributed by atoms with Crippen molar-refractivity contribution in [1.29, 1.82) is 0 Å². The van der Waals surface area contributed by atoms with E-state index in [0.717, 1.165) is 0 Å². The summed E-state index contributed by atoms with van der Waals surface area (Å²) < 4.78 is 60.2. The molecule has 0 aromatic carbocycles. The maximum Gasteiger partial charge on any atom is 0.391 e. The van der Waals surface area contributed by atoms with E-state index in [0.29, 0.717) is 19.4 Å². The Morgan fingerprint density at radius 3 is 2.56 bits per heavy atom. The molecule has 1 heterocycles. The normalized spacial score (nSPS) is 26.2. The largest absolute Gasteiger partial charge is 0.391 e. The van der Waals surface area contributed by atoms with Gasteiger partial charge in [-0.2, -0.15) is 13.2 Å². The molecule has 0 aromatic rings. The average molecular weight is 287 g/mol. The van der Waals surface area contributed by atoms with Gasteiger partial charge >= 0.3 is 6.18 Å². The summed E-state index contributed by atoms with van der Waals surface area (Å²) in [5, 5.41) is 3.03. The molecular weight excluding hydrogens is 267 g/mol. The second-order valence-electron chi connectivity index (χ2n) is 4.79. The predicted molar refractivity (Wildman–Crippen MR) is 64.1 cm³/mol. The van der Waals surface area contributed by atoms with Crippen molar-refractivity contribution in [2.45, 2.75) is 44.8 Å². The number of nitrogens with one attached hydrogen (secondary N) is 1. The molecule has 18 heavy (non-hydrogen) atoms. The Morgan fingerprint density at radius 1 is 1.33 bits per heavy atom. The maximum absolute atomic E-state index is 12.6. The molecular formula is C11H20F3NO2S. The van der Waals surface area contributed by atoms with Crippen molar-refractivity contribution in [1.82, 2.24) is 5.32 Å². The van der Waals surface area contributed by atoms with E-state index in [4.69, 9.17) is 0 Å². The first-order chi connectivity index (χ1) is 8.24. The van der Waals surface area contributed by atoms with Crippen molar-refractivity contribution in [2.75, 3.05) is 18.1 Å². The van der Waals surface area contributed by atoms with Crippen molar-refractivity contribution in [3.8, 4) is 0 Å². The number of sulfone groups is 1. The first-order valence-electron chi connectivity index (χ1n) is 6.25. The Labute approximate surface area is 106 Å². The smallest absolute Gasteiger partial charge is 0.314 e. The minimum Gasteiger partial charge on any atom is -0.314 e. The quantitative estimate of drug-likeness (QED) is 0.842.